The minimum Gasteiger partial charge on any atom is -0.481 e. The number of amides is 1. The monoisotopic (exact) mass is 365 g/mol. The van der Waals surface area contributed by atoms with E-state index in [0.29, 0.717) is 34.7 Å². The predicted molar refractivity (Wildman–Crippen MR) is 93.9 cm³/mol. The molecule has 8 nitrogen and oxygen atoms in total. The molecular formula is C16H21N5O3S. The maximum atomic E-state index is 11.2. The number of hydrogen-bond donors (Lipinski definition) is 1. The van der Waals surface area contributed by atoms with E-state index in [2.05, 4.69) is 20.3 Å². The predicted octanol–water partition coefficient (Wildman–Crippen LogP) is 1.94. The van der Waals surface area contributed by atoms with Gasteiger partial charge in [0.1, 0.15) is 12.4 Å². The van der Waals surface area contributed by atoms with Crippen molar-refractivity contribution < 1.29 is 17.0 Å². The average Bonchev–Trinajstić information content (AvgIpc) is 3.22. The molecule has 1 aliphatic rings. The quantitative estimate of drug-likeness (QED) is 0.837. The van der Waals surface area contributed by atoms with E-state index in [9.17, 15) is 4.79 Å². The molecule has 1 saturated heterocycles. The molecule has 1 amide bonds. The molecule has 0 saturated carbocycles. The Balaban J connectivity index is 1.70. The maximum absolute atomic E-state index is 11.2. The van der Waals surface area contributed by atoms with Crippen molar-refractivity contribution in [1.82, 2.24) is 19.9 Å². The highest BCUT2D eigenvalue weighted by Gasteiger charge is 2.31. The van der Waals surface area contributed by atoms with Crippen molar-refractivity contribution in [2.24, 2.45) is 0 Å². The molecule has 25 heavy (non-hydrogen) atoms. The number of methoxy groups -OCH3 is 1. The molecule has 2 aromatic rings. The van der Waals surface area contributed by atoms with Crippen molar-refractivity contribution in [1.29, 1.82) is 0 Å². The van der Waals surface area contributed by atoms with Gasteiger partial charge >= 0.3 is 0 Å². The number of ether oxygens (including phenoxy) is 2. The Morgan fingerprint density at radius 2 is 2.28 bits per heavy atom. The van der Waals surface area contributed by atoms with Crippen LogP contribution in [0.1, 0.15) is 27.9 Å². The SMILES string of the molecule is [2H]C([2H])(c1cnc(NC(C)=O)s1)N1C[C@H](Oc2cc(OC)ncn2)C[C@@H]1C. The van der Waals surface area contributed by atoms with Gasteiger partial charge < -0.3 is 14.8 Å². The lowest BCUT2D eigenvalue weighted by Crippen LogP contribution is -2.27. The molecule has 1 aliphatic heterocycles. The molecule has 0 bridgehead atoms. The molecule has 2 aromatic heterocycles. The van der Waals surface area contributed by atoms with Gasteiger partial charge in [0.05, 0.1) is 13.2 Å². The zero-order chi connectivity index (χ0) is 19.6. The number of likely N-dealkylation sites (tertiary alicyclic amines) is 1. The number of anilines is 1. The maximum Gasteiger partial charge on any atom is 0.223 e. The third-order valence-electron chi connectivity index (χ3n) is 3.69. The number of nitrogens with one attached hydrogen (secondary N) is 1. The zero-order valence-electron chi connectivity index (χ0n) is 16.2. The van der Waals surface area contributed by atoms with Crippen LogP contribution in [-0.2, 0) is 11.3 Å². The van der Waals surface area contributed by atoms with Gasteiger partial charge in [0, 0.05) is 46.2 Å². The first-order valence-electron chi connectivity index (χ1n) is 8.83. The van der Waals surface area contributed by atoms with Gasteiger partial charge in [-0.2, -0.15) is 0 Å². The molecule has 1 fully saturated rings. The lowest BCUT2D eigenvalue weighted by atomic mass is 10.2. The van der Waals surface area contributed by atoms with E-state index in [1.165, 1.54) is 26.6 Å². The van der Waals surface area contributed by atoms with Crippen LogP contribution in [0.2, 0.25) is 0 Å². The Morgan fingerprint density at radius 3 is 3.04 bits per heavy atom. The Kier molecular flexibility index (Phi) is 4.66. The second-order valence-electron chi connectivity index (χ2n) is 5.70. The molecule has 0 unspecified atom stereocenters. The van der Waals surface area contributed by atoms with E-state index in [1.54, 1.807) is 11.0 Å². The van der Waals surface area contributed by atoms with Crippen molar-refractivity contribution >= 4 is 22.4 Å². The smallest absolute Gasteiger partial charge is 0.223 e. The summed E-state index contributed by atoms with van der Waals surface area (Å²) in [4.78, 5) is 25.4. The lowest BCUT2D eigenvalue weighted by molar-refractivity contribution is -0.114. The molecule has 1 N–H and O–H groups in total. The Morgan fingerprint density at radius 1 is 1.48 bits per heavy atom. The summed E-state index contributed by atoms with van der Waals surface area (Å²) in [6, 6.07) is 1.56. The first kappa shape index (κ1) is 15.0. The Hall–Kier alpha value is -2.26. The van der Waals surface area contributed by atoms with E-state index in [1.807, 2.05) is 6.92 Å². The van der Waals surface area contributed by atoms with Crippen LogP contribution in [0.3, 0.4) is 0 Å². The summed E-state index contributed by atoms with van der Waals surface area (Å²) in [7, 11) is 1.52. The highest BCUT2D eigenvalue weighted by Crippen LogP contribution is 2.27. The summed E-state index contributed by atoms with van der Waals surface area (Å²) in [6.45, 7) is 2.02. The molecule has 134 valence electrons. The largest absolute Gasteiger partial charge is 0.481 e. The standard InChI is InChI=1S/C16H21N5O3S/c1-10-4-12(24-15-5-14(23-3)18-9-19-15)7-21(10)8-13-6-17-16(25-13)20-11(2)22/h5-6,9-10,12H,4,7-8H2,1-3H3,(H,17,20,22)/t10-,12+/m0/s1/i8D2. The van der Waals surface area contributed by atoms with E-state index < -0.39 is 6.50 Å². The first-order chi connectivity index (χ1) is 12.8. The molecular weight excluding hydrogens is 342 g/mol. The fourth-order valence-electron chi connectivity index (χ4n) is 2.57. The molecule has 0 aromatic carbocycles. The van der Waals surface area contributed by atoms with Gasteiger partial charge in [0.15, 0.2) is 5.13 Å². The summed E-state index contributed by atoms with van der Waals surface area (Å²) < 4.78 is 28.1. The fraction of sp³-hybridized carbons (Fsp3) is 0.500. The van der Waals surface area contributed by atoms with Gasteiger partial charge in [-0.1, -0.05) is 0 Å². The third kappa shape index (κ3) is 4.64. The van der Waals surface area contributed by atoms with Crippen molar-refractivity contribution in [2.75, 3.05) is 19.0 Å². The topological polar surface area (TPSA) is 89.5 Å². The Labute approximate surface area is 153 Å². The van der Waals surface area contributed by atoms with Crippen LogP contribution in [0.25, 0.3) is 0 Å². The van der Waals surface area contributed by atoms with E-state index in [-0.39, 0.29) is 18.1 Å². The van der Waals surface area contributed by atoms with Crippen LogP contribution in [0.5, 0.6) is 11.8 Å². The average molecular weight is 365 g/mol. The number of aromatic nitrogens is 3. The van der Waals surface area contributed by atoms with Crippen LogP contribution in [-0.4, -0.2) is 51.6 Å². The summed E-state index contributed by atoms with van der Waals surface area (Å²) in [5, 5.41) is 2.97. The summed E-state index contributed by atoms with van der Waals surface area (Å²) in [5.41, 5.74) is 0. The fourth-order valence-corrected chi connectivity index (χ4v) is 3.34. The second-order valence-corrected chi connectivity index (χ2v) is 6.73. The molecule has 0 spiro atoms. The van der Waals surface area contributed by atoms with Gasteiger partial charge in [-0.15, -0.1) is 11.3 Å². The van der Waals surface area contributed by atoms with E-state index in [0.717, 1.165) is 11.3 Å². The van der Waals surface area contributed by atoms with Crippen molar-refractivity contribution in [2.45, 2.75) is 38.9 Å². The number of nitrogens with zero attached hydrogens (tertiary/aromatic N) is 4. The van der Waals surface area contributed by atoms with Crippen LogP contribution < -0.4 is 14.8 Å². The van der Waals surface area contributed by atoms with Gasteiger partial charge in [0.25, 0.3) is 0 Å². The normalized spacial score (nSPS) is 22.2. The van der Waals surface area contributed by atoms with Crippen LogP contribution in [0.4, 0.5) is 5.13 Å². The molecule has 0 aliphatic carbocycles. The minimum atomic E-state index is -1.73. The van der Waals surface area contributed by atoms with Gasteiger partial charge in [-0.05, 0) is 6.92 Å². The second kappa shape index (κ2) is 7.75. The zero-order valence-corrected chi connectivity index (χ0v) is 15.0. The van der Waals surface area contributed by atoms with Gasteiger partial charge in [-0.3, -0.25) is 9.69 Å². The number of hydrogen-bond acceptors (Lipinski definition) is 8. The first-order valence-corrected chi connectivity index (χ1v) is 8.64. The number of carbonyl (C=O) groups is 1. The lowest BCUT2D eigenvalue weighted by Gasteiger charge is -2.19. The minimum absolute atomic E-state index is 0.0416. The van der Waals surface area contributed by atoms with Gasteiger partial charge in [-0.25, -0.2) is 15.0 Å². The highest BCUT2D eigenvalue weighted by atomic mass is 32.1. The van der Waals surface area contributed by atoms with E-state index in [4.69, 9.17) is 12.2 Å². The van der Waals surface area contributed by atoms with Crippen molar-refractivity contribution in [3.05, 3.63) is 23.5 Å². The molecule has 0 radical (unpaired) electrons. The van der Waals surface area contributed by atoms with Gasteiger partial charge in [0.2, 0.25) is 17.7 Å². The summed E-state index contributed by atoms with van der Waals surface area (Å²) in [5.74, 6) is 0.570. The van der Waals surface area contributed by atoms with Crippen molar-refractivity contribution in [3.8, 4) is 11.8 Å². The van der Waals surface area contributed by atoms with Crippen LogP contribution >= 0.6 is 11.3 Å². The number of rotatable bonds is 6. The van der Waals surface area contributed by atoms with Crippen LogP contribution in [0, 0.1) is 0 Å². The highest BCUT2D eigenvalue weighted by molar-refractivity contribution is 7.15. The molecule has 3 rings (SSSR count). The Bertz CT molecular complexity index is 819. The molecule has 2 atom stereocenters. The molecule has 3 heterocycles. The summed E-state index contributed by atoms with van der Waals surface area (Å²) >= 11 is 1.13. The van der Waals surface area contributed by atoms with Crippen LogP contribution in [0.15, 0.2) is 18.6 Å². The number of carbonyl (C=O) groups excluding carboxylic acids is 1. The van der Waals surface area contributed by atoms with Crippen molar-refractivity contribution in [3.63, 3.8) is 0 Å². The number of thiazole rings is 1. The molecule has 9 heteroatoms. The summed E-state index contributed by atoms with van der Waals surface area (Å²) in [6.07, 6.45) is 3.28. The third-order valence-corrected chi connectivity index (χ3v) is 4.51. The van der Waals surface area contributed by atoms with E-state index >= 15 is 0 Å².